The Kier molecular flexibility index (Phi) is 4.31. The van der Waals surface area contributed by atoms with E-state index in [2.05, 4.69) is 4.37 Å². The van der Waals surface area contributed by atoms with Crippen molar-refractivity contribution in [2.75, 3.05) is 0 Å². The van der Waals surface area contributed by atoms with E-state index in [-0.39, 0.29) is 17.0 Å². The third kappa shape index (κ3) is 3.41. The van der Waals surface area contributed by atoms with Gasteiger partial charge in [-0.1, -0.05) is 0 Å². The number of hydrogen-bond acceptors (Lipinski definition) is 5. The first-order valence-electron chi connectivity index (χ1n) is 6.91. The fourth-order valence-corrected chi connectivity index (χ4v) is 3.65. The lowest BCUT2D eigenvalue weighted by Gasteiger charge is -2.10. The van der Waals surface area contributed by atoms with Gasteiger partial charge in [-0.05, 0) is 48.5 Å². The molecule has 1 fully saturated rings. The van der Waals surface area contributed by atoms with E-state index in [1.54, 1.807) is 0 Å². The monoisotopic (exact) mass is 373 g/mol. The van der Waals surface area contributed by atoms with E-state index in [4.69, 9.17) is 0 Å². The summed E-state index contributed by atoms with van der Waals surface area (Å²) in [5.41, 5.74) is -1.05. The minimum atomic E-state index is -4.63. The number of nitrogens with zero attached hydrogens (tertiary/aromatic N) is 1. The van der Waals surface area contributed by atoms with Gasteiger partial charge in [-0.15, -0.1) is 0 Å². The number of ketones is 1. The summed E-state index contributed by atoms with van der Waals surface area (Å²) in [6, 6.07) is 2.45. The molecule has 2 aromatic rings. The lowest BCUT2D eigenvalue weighted by molar-refractivity contribution is -0.137. The normalized spacial score (nSPS) is 14.5. The van der Waals surface area contributed by atoms with Crippen LogP contribution in [0.1, 0.15) is 50.7 Å². The Morgan fingerprint density at radius 1 is 1.25 bits per heavy atom. The van der Waals surface area contributed by atoms with Gasteiger partial charge in [0, 0.05) is 16.0 Å². The van der Waals surface area contributed by atoms with Gasteiger partial charge in [0.1, 0.15) is 0 Å². The molecule has 1 aromatic carbocycles. The van der Waals surface area contributed by atoms with Crippen molar-refractivity contribution in [2.45, 2.75) is 24.9 Å². The number of halogens is 3. The molecule has 0 N–H and O–H groups in total. The second kappa shape index (κ2) is 6.14. The van der Waals surface area contributed by atoms with Gasteiger partial charge >= 0.3 is 6.18 Å². The fraction of sp³-hybridized carbons (Fsp3) is 0.267. The highest BCUT2D eigenvalue weighted by Crippen LogP contribution is 2.44. The number of hydrogen-bond donors (Lipinski definition) is 0. The second-order valence-electron chi connectivity index (χ2n) is 5.39. The number of aromatic nitrogens is 1. The third-order valence-corrected chi connectivity index (χ3v) is 5.04. The molecule has 3 rings (SSSR count). The van der Waals surface area contributed by atoms with Crippen LogP contribution in [-0.2, 0) is 16.5 Å². The van der Waals surface area contributed by atoms with Crippen molar-refractivity contribution in [1.29, 1.82) is 0 Å². The van der Waals surface area contributed by atoms with Gasteiger partial charge in [-0.2, -0.15) is 21.6 Å². The van der Waals surface area contributed by atoms with Gasteiger partial charge in [0.15, 0.2) is 5.78 Å². The predicted molar refractivity (Wildman–Crippen MR) is 83.1 cm³/mol. The lowest BCUT2D eigenvalue weighted by atomic mass is 9.97. The Bertz CT molecular complexity index is 933. The molecule has 1 heterocycles. The summed E-state index contributed by atoms with van der Waals surface area (Å²) in [5, 5.41) is 0.610. The molecule has 24 heavy (non-hydrogen) atoms. The van der Waals surface area contributed by atoms with Crippen molar-refractivity contribution < 1.29 is 26.4 Å². The number of benzene rings is 1. The summed E-state index contributed by atoms with van der Waals surface area (Å²) in [5.74, 6) is -0.261. The Labute approximate surface area is 140 Å². The van der Waals surface area contributed by atoms with Gasteiger partial charge in [0.25, 0.3) is 0 Å². The zero-order chi connectivity index (χ0) is 17.5. The highest BCUT2D eigenvalue weighted by Gasteiger charge is 2.33. The van der Waals surface area contributed by atoms with E-state index in [1.807, 2.05) is 0 Å². The summed E-state index contributed by atoms with van der Waals surface area (Å²) in [4.78, 5) is 13.5. The van der Waals surface area contributed by atoms with E-state index < -0.39 is 27.8 Å². The van der Waals surface area contributed by atoms with Crippen LogP contribution in [0.2, 0.25) is 0 Å². The van der Waals surface area contributed by atoms with Gasteiger partial charge in [-0.25, -0.2) is 4.37 Å². The van der Waals surface area contributed by atoms with E-state index in [0.717, 1.165) is 29.9 Å². The molecule has 0 aliphatic heterocycles. The van der Waals surface area contributed by atoms with Crippen LogP contribution >= 0.6 is 11.5 Å². The smallest absolute Gasteiger partial charge is 0.288 e. The van der Waals surface area contributed by atoms with E-state index in [9.17, 15) is 26.4 Å². The molecule has 1 aliphatic carbocycles. The van der Waals surface area contributed by atoms with Crippen LogP contribution in [0.15, 0.2) is 24.4 Å². The molecule has 0 saturated heterocycles. The summed E-state index contributed by atoms with van der Waals surface area (Å²) in [6.07, 6.45) is -1.36. The fourth-order valence-electron chi connectivity index (χ4n) is 2.35. The Morgan fingerprint density at radius 3 is 2.54 bits per heavy atom. The van der Waals surface area contributed by atoms with Crippen LogP contribution in [0.3, 0.4) is 0 Å². The van der Waals surface area contributed by atoms with Crippen molar-refractivity contribution in [3.63, 3.8) is 0 Å². The van der Waals surface area contributed by atoms with Crippen molar-refractivity contribution in [2.24, 2.45) is 0 Å². The van der Waals surface area contributed by atoms with Crippen LogP contribution in [-0.4, -0.2) is 23.9 Å². The maximum absolute atomic E-state index is 12.8. The van der Waals surface area contributed by atoms with E-state index in [1.165, 1.54) is 17.7 Å². The van der Waals surface area contributed by atoms with Crippen molar-refractivity contribution in [3.05, 3.63) is 51.5 Å². The predicted octanol–water partition coefficient (Wildman–Crippen LogP) is 3.30. The Balaban J connectivity index is 2.11. The number of carbonyl (C=O) groups excluding carboxylic acids is 1. The highest BCUT2D eigenvalue weighted by atomic mass is 32.2. The molecule has 126 valence electrons. The number of alkyl halides is 3. The molecule has 0 radical (unpaired) electrons. The molecule has 9 heteroatoms. The van der Waals surface area contributed by atoms with E-state index in [0.29, 0.717) is 17.0 Å². The molecule has 1 aromatic heterocycles. The maximum Gasteiger partial charge on any atom is 0.416 e. The Hall–Kier alpha value is -2.00. The zero-order valence-electron chi connectivity index (χ0n) is 12.0. The molecular weight excluding hydrogens is 363 g/mol. The average molecular weight is 373 g/mol. The van der Waals surface area contributed by atoms with Crippen LogP contribution in [0.4, 0.5) is 13.2 Å². The van der Waals surface area contributed by atoms with Crippen molar-refractivity contribution in [1.82, 2.24) is 4.37 Å². The summed E-state index contributed by atoms with van der Waals surface area (Å²) >= 11 is 1.19. The third-order valence-electron chi connectivity index (χ3n) is 3.64. The molecule has 0 spiro atoms. The van der Waals surface area contributed by atoms with Gasteiger partial charge < -0.3 is 0 Å². The quantitative estimate of drug-likeness (QED) is 0.609. The highest BCUT2D eigenvalue weighted by molar-refractivity contribution is 7.71. The molecule has 4 nitrogen and oxygen atoms in total. The largest absolute Gasteiger partial charge is 0.416 e. The first kappa shape index (κ1) is 16.8. The molecular formula is C15H10F3NO3S2. The first-order chi connectivity index (χ1) is 11.3. The lowest BCUT2D eigenvalue weighted by Crippen LogP contribution is -2.11. The summed E-state index contributed by atoms with van der Waals surface area (Å²) < 4.78 is 64.3. The molecule has 0 atom stereocenters. The summed E-state index contributed by atoms with van der Waals surface area (Å²) in [7, 11) is -2.73. The molecule has 0 unspecified atom stereocenters. The van der Waals surface area contributed by atoms with E-state index >= 15 is 0 Å². The minimum Gasteiger partial charge on any atom is -0.288 e. The van der Waals surface area contributed by atoms with Gasteiger partial charge in [-0.3, -0.25) is 4.79 Å². The SMILES string of the molecule is O=C(c1ccc(C(F)(F)F)cc1C=S(=O)=O)c1cnsc1C1CC1. The van der Waals surface area contributed by atoms with Gasteiger partial charge in [0.05, 0.1) is 22.7 Å². The number of rotatable bonds is 4. The van der Waals surface area contributed by atoms with Gasteiger partial charge in [0.2, 0.25) is 10.3 Å². The molecule has 0 amide bonds. The van der Waals surface area contributed by atoms with Crippen LogP contribution < -0.4 is 0 Å². The van der Waals surface area contributed by atoms with Crippen molar-refractivity contribution >= 4 is 33.0 Å². The summed E-state index contributed by atoms with van der Waals surface area (Å²) in [6.45, 7) is 0. The first-order valence-corrected chi connectivity index (χ1v) is 8.82. The van der Waals surface area contributed by atoms with Crippen LogP contribution in [0.25, 0.3) is 0 Å². The average Bonchev–Trinajstić information content (AvgIpc) is 3.22. The van der Waals surface area contributed by atoms with Crippen molar-refractivity contribution in [3.8, 4) is 0 Å². The van der Waals surface area contributed by atoms with Crippen LogP contribution in [0.5, 0.6) is 0 Å². The molecule has 1 aliphatic rings. The topological polar surface area (TPSA) is 64.1 Å². The molecule has 1 saturated carbocycles. The zero-order valence-corrected chi connectivity index (χ0v) is 13.6. The van der Waals surface area contributed by atoms with Crippen LogP contribution in [0, 0.1) is 0 Å². The second-order valence-corrected chi connectivity index (χ2v) is 6.98. The Morgan fingerprint density at radius 2 is 1.96 bits per heavy atom. The minimum absolute atomic E-state index is 0.0886. The molecule has 0 bridgehead atoms. The standard InChI is InChI=1S/C15H10F3NO3S2/c16-15(17,18)10-3-4-11(9(5-10)7-24(21)22)13(20)12-6-19-23-14(12)8-1-2-8/h3-8H,1-2H2. The maximum atomic E-state index is 12.8. The number of carbonyl (C=O) groups is 1.